The molecule has 7 N–H and O–H groups in total. The highest BCUT2D eigenvalue weighted by atomic mass is 16.3. The Kier molecular flexibility index (Phi) is 5.69. The zero-order valence-corrected chi connectivity index (χ0v) is 18.9. The molecule has 9 heteroatoms. The van der Waals surface area contributed by atoms with E-state index in [1.807, 2.05) is 19.9 Å². The number of anilines is 1. The van der Waals surface area contributed by atoms with E-state index in [0.717, 1.165) is 5.69 Å². The number of amides is 1. The number of allylic oxidation sites excluding steroid dienone is 3. The maximum atomic E-state index is 13.6. The molecular weight excluding hydrogens is 426 g/mol. The van der Waals surface area contributed by atoms with E-state index in [1.165, 1.54) is 0 Å². The Morgan fingerprint density at radius 2 is 1.91 bits per heavy atom. The summed E-state index contributed by atoms with van der Waals surface area (Å²) in [4.78, 5) is 38.2. The molecule has 4 rings (SSSR count). The van der Waals surface area contributed by atoms with Crippen molar-refractivity contribution in [3.63, 3.8) is 0 Å². The molecule has 3 atom stereocenters. The van der Waals surface area contributed by atoms with Gasteiger partial charge in [0.2, 0.25) is 0 Å². The first kappa shape index (κ1) is 22.8. The predicted molar refractivity (Wildman–Crippen MR) is 121 cm³/mol. The first-order valence-corrected chi connectivity index (χ1v) is 11.1. The van der Waals surface area contributed by atoms with E-state index in [4.69, 9.17) is 5.73 Å². The third-order valence-electron chi connectivity index (χ3n) is 6.94. The lowest BCUT2D eigenvalue weighted by Gasteiger charge is -2.41. The Morgan fingerprint density at radius 3 is 2.52 bits per heavy atom. The van der Waals surface area contributed by atoms with Gasteiger partial charge in [-0.2, -0.15) is 0 Å². The van der Waals surface area contributed by atoms with Gasteiger partial charge in [0, 0.05) is 42.9 Å². The molecule has 0 saturated heterocycles. The highest BCUT2D eigenvalue weighted by molar-refractivity contribution is 6.22. The molecule has 3 unspecified atom stereocenters. The first-order chi connectivity index (χ1) is 15.6. The second-order valence-electron chi connectivity index (χ2n) is 9.33. The van der Waals surface area contributed by atoms with Gasteiger partial charge in [-0.15, -0.1) is 0 Å². The van der Waals surface area contributed by atoms with Crippen LogP contribution in [0.5, 0.6) is 5.75 Å². The summed E-state index contributed by atoms with van der Waals surface area (Å²) in [5.41, 5.74) is 6.88. The molecule has 0 bridgehead atoms. The number of primary amides is 1. The minimum Gasteiger partial charge on any atom is -0.511 e. The van der Waals surface area contributed by atoms with Gasteiger partial charge in [0.1, 0.15) is 22.8 Å². The summed E-state index contributed by atoms with van der Waals surface area (Å²) in [6, 6.07) is 1.98. The topological polar surface area (TPSA) is 162 Å². The smallest absolute Gasteiger partial charge is 0.255 e. The summed E-state index contributed by atoms with van der Waals surface area (Å²) < 4.78 is 0. The number of rotatable bonds is 5. The molecule has 0 radical (unpaired) electrons. The van der Waals surface area contributed by atoms with Gasteiger partial charge in [-0.1, -0.05) is 13.8 Å². The van der Waals surface area contributed by atoms with E-state index in [9.17, 15) is 29.7 Å². The van der Waals surface area contributed by atoms with Crippen LogP contribution >= 0.6 is 0 Å². The molecule has 0 fully saturated rings. The van der Waals surface area contributed by atoms with Crippen LogP contribution in [0.25, 0.3) is 0 Å². The number of benzene rings is 1. The SMILES string of the molecule is CNc1cc(CNC(C)C)c(O)c2c1CC1CC3CC(O)=C(C(N)=O)C(=O)C3C(O)=C1C2=O. The summed E-state index contributed by atoms with van der Waals surface area (Å²) in [7, 11) is 1.74. The Labute approximate surface area is 191 Å². The molecule has 0 aliphatic heterocycles. The van der Waals surface area contributed by atoms with Crippen molar-refractivity contribution in [2.75, 3.05) is 12.4 Å². The van der Waals surface area contributed by atoms with Gasteiger partial charge in [0.05, 0.1) is 11.5 Å². The van der Waals surface area contributed by atoms with Crippen molar-refractivity contribution < 1.29 is 29.7 Å². The van der Waals surface area contributed by atoms with Crippen molar-refractivity contribution in [1.29, 1.82) is 0 Å². The highest BCUT2D eigenvalue weighted by Gasteiger charge is 2.50. The van der Waals surface area contributed by atoms with Crippen LogP contribution in [0, 0.1) is 17.8 Å². The summed E-state index contributed by atoms with van der Waals surface area (Å²) in [5.74, 6) is -5.21. The number of ketones is 2. The van der Waals surface area contributed by atoms with Crippen molar-refractivity contribution in [2.45, 2.75) is 45.7 Å². The van der Waals surface area contributed by atoms with Gasteiger partial charge >= 0.3 is 0 Å². The van der Waals surface area contributed by atoms with Gasteiger partial charge in [-0.3, -0.25) is 14.4 Å². The number of Topliss-reactive ketones (excluding diaryl/α,β-unsaturated/α-hetero) is 2. The fraction of sp³-hybridized carbons (Fsp3) is 0.458. The molecule has 0 aromatic heterocycles. The number of hydrogen-bond donors (Lipinski definition) is 6. The minimum atomic E-state index is -1.11. The fourth-order valence-corrected chi connectivity index (χ4v) is 5.44. The lowest BCUT2D eigenvalue weighted by atomic mass is 9.62. The van der Waals surface area contributed by atoms with E-state index in [-0.39, 0.29) is 46.8 Å². The molecule has 0 saturated carbocycles. The van der Waals surface area contributed by atoms with Crippen molar-refractivity contribution in [3.05, 3.63) is 45.4 Å². The average Bonchev–Trinajstić information content (AvgIpc) is 2.72. The van der Waals surface area contributed by atoms with Gasteiger partial charge in [0.25, 0.3) is 5.91 Å². The van der Waals surface area contributed by atoms with Crippen LogP contribution in [0.2, 0.25) is 0 Å². The van der Waals surface area contributed by atoms with Gasteiger partial charge in [-0.05, 0) is 36.3 Å². The molecule has 9 nitrogen and oxygen atoms in total. The van der Waals surface area contributed by atoms with Crippen LogP contribution in [-0.4, -0.2) is 45.9 Å². The zero-order chi connectivity index (χ0) is 24.2. The number of carbonyl (C=O) groups excluding carboxylic acids is 3. The van der Waals surface area contributed by atoms with E-state index in [0.29, 0.717) is 30.5 Å². The Bertz CT molecular complexity index is 1130. The number of phenols is 1. The normalized spacial score (nSPS) is 24.5. The van der Waals surface area contributed by atoms with Crippen molar-refractivity contribution >= 4 is 23.2 Å². The summed E-state index contributed by atoms with van der Waals surface area (Å²) in [5, 5.41) is 38.6. The van der Waals surface area contributed by atoms with E-state index >= 15 is 0 Å². The number of nitrogens with two attached hydrogens (primary N) is 1. The van der Waals surface area contributed by atoms with E-state index < -0.39 is 34.9 Å². The third-order valence-corrected chi connectivity index (χ3v) is 6.94. The molecule has 1 aromatic rings. The zero-order valence-electron chi connectivity index (χ0n) is 18.9. The van der Waals surface area contributed by atoms with Crippen molar-refractivity contribution in [3.8, 4) is 5.75 Å². The number of phenolic OH excluding ortho intramolecular Hbond substituents is 1. The average molecular weight is 456 g/mol. The lowest BCUT2D eigenvalue weighted by molar-refractivity contribution is -0.126. The molecule has 3 aliphatic rings. The monoisotopic (exact) mass is 455 g/mol. The standard InChI is InChI=1S/C24H29N3O6/c1-9(2)27-8-12-6-14(26-3)13-5-10-4-11-7-15(28)19(24(25)33)23(32)17(11)21(30)16(10)22(31)18(13)20(12)29/h6,9-11,17,26-30H,4-5,7-8H2,1-3H3,(H2,25,33). The molecular formula is C24H29N3O6. The Balaban J connectivity index is 1.83. The summed E-state index contributed by atoms with van der Waals surface area (Å²) in [6.07, 6.45) is 0.776. The second-order valence-corrected chi connectivity index (χ2v) is 9.33. The van der Waals surface area contributed by atoms with Crippen LogP contribution in [0.15, 0.2) is 28.7 Å². The minimum absolute atomic E-state index is 0.0213. The quantitative estimate of drug-likeness (QED) is 0.290. The number of carbonyl (C=O) groups is 3. The van der Waals surface area contributed by atoms with E-state index in [2.05, 4.69) is 10.6 Å². The molecule has 0 heterocycles. The van der Waals surface area contributed by atoms with Crippen molar-refractivity contribution in [2.24, 2.45) is 23.5 Å². The number of aliphatic hydroxyl groups excluding tert-OH is 2. The molecule has 1 amide bonds. The van der Waals surface area contributed by atoms with Crippen LogP contribution in [0.3, 0.4) is 0 Å². The lowest BCUT2D eigenvalue weighted by Crippen LogP contribution is -2.43. The summed E-state index contributed by atoms with van der Waals surface area (Å²) >= 11 is 0. The predicted octanol–water partition coefficient (Wildman–Crippen LogP) is 2.01. The second kappa shape index (κ2) is 8.22. The van der Waals surface area contributed by atoms with Gasteiger partial charge in [-0.25, -0.2) is 0 Å². The van der Waals surface area contributed by atoms with Crippen LogP contribution in [0.4, 0.5) is 5.69 Å². The fourth-order valence-electron chi connectivity index (χ4n) is 5.44. The van der Waals surface area contributed by atoms with Gasteiger partial charge in [0.15, 0.2) is 11.6 Å². The maximum Gasteiger partial charge on any atom is 0.255 e. The molecule has 1 aromatic carbocycles. The number of aliphatic hydroxyl groups is 2. The van der Waals surface area contributed by atoms with Crippen LogP contribution < -0.4 is 16.4 Å². The molecule has 176 valence electrons. The Hall–Kier alpha value is -3.33. The van der Waals surface area contributed by atoms with Crippen LogP contribution in [0.1, 0.15) is 48.2 Å². The third kappa shape index (κ3) is 3.56. The number of hydrogen-bond acceptors (Lipinski definition) is 8. The Morgan fingerprint density at radius 1 is 1.21 bits per heavy atom. The van der Waals surface area contributed by atoms with Crippen molar-refractivity contribution in [1.82, 2.24) is 5.32 Å². The first-order valence-electron chi connectivity index (χ1n) is 11.1. The number of nitrogens with one attached hydrogen (secondary N) is 2. The molecule has 33 heavy (non-hydrogen) atoms. The highest BCUT2D eigenvalue weighted by Crippen LogP contribution is 2.50. The summed E-state index contributed by atoms with van der Waals surface area (Å²) in [6.45, 7) is 4.29. The maximum absolute atomic E-state index is 13.6. The number of aromatic hydroxyl groups is 1. The van der Waals surface area contributed by atoms with Gasteiger partial charge < -0.3 is 31.7 Å². The number of fused-ring (bicyclic) bond motifs is 3. The van der Waals surface area contributed by atoms with E-state index in [1.54, 1.807) is 7.05 Å². The molecule has 0 spiro atoms. The molecule has 3 aliphatic carbocycles. The van der Waals surface area contributed by atoms with Crippen LogP contribution in [-0.2, 0) is 22.6 Å². The largest absolute Gasteiger partial charge is 0.511 e.